The number of halogens is 34. The van der Waals surface area contributed by atoms with Crippen LogP contribution in [-0.2, 0) is 9.59 Å². The van der Waals surface area contributed by atoms with Crippen LogP contribution in [0, 0.1) is 0 Å². The van der Waals surface area contributed by atoms with Gasteiger partial charge in [0.05, 0.1) is 11.4 Å². The summed E-state index contributed by atoms with van der Waals surface area (Å²) in [6.07, 6.45) is 0. The topological polar surface area (TPSA) is 82.9 Å². The average Bonchev–Trinajstić information content (AvgIpc) is 3.18. The zero-order chi connectivity index (χ0) is 55.9. The van der Waals surface area contributed by atoms with E-state index in [0.29, 0.717) is 0 Å². The van der Waals surface area contributed by atoms with E-state index in [4.69, 9.17) is 0 Å². The number of anilines is 2. The lowest BCUT2D eigenvalue weighted by molar-refractivity contribution is -0.445. The molecule has 2 aromatic carbocycles. The summed E-state index contributed by atoms with van der Waals surface area (Å²) in [6.45, 7) is 0. The van der Waals surface area contributed by atoms with Gasteiger partial charge in [0, 0.05) is 5.69 Å². The van der Waals surface area contributed by atoms with Crippen LogP contribution in [0.3, 0.4) is 0 Å². The first-order valence-electron chi connectivity index (χ1n) is 16.1. The van der Waals surface area contributed by atoms with Crippen molar-refractivity contribution in [3.63, 3.8) is 0 Å². The Balaban J connectivity index is 2.78. The van der Waals surface area contributed by atoms with Crippen LogP contribution in [0.25, 0.3) is 0 Å². The van der Waals surface area contributed by atoms with Crippen LogP contribution in [-0.4, -0.2) is 105 Å². The third-order valence-corrected chi connectivity index (χ3v) is 9.02. The molecule has 0 aliphatic rings. The summed E-state index contributed by atoms with van der Waals surface area (Å²) in [6, 6.07) is 3.82. The first-order valence-corrected chi connectivity index (χ1v) is 16.9. The largest absolute Gasteiger partial charge is 0.393 e. The molecule has 0 aliphatic carbocycles. The van der Waals surface area contributed by atoms with E-state index in [1.165, 1.54) is 6.07 Å². The number of azo groups is 1. The second kappa shape index (κ2) is 17.5. The molecule has 70 heavy (non-hydrogen) atoms. The van der Waals surface area contributed by atoms with Gasteiger partial charge in [0.15, 0.2) is 0 Å². The third kappa shape index (κ3) is 8.78. The third-order valence-electron chi connectivity index (χ3n) is 8.55. The Morgan fingerprint density at radius 3 is 0.957 bits per heavy atom. The molecule has 6 nitrogen and oxygen atoms in total. The summed E-state index contributed by atoms with van der Waals surface area (Å²) in [7, 11) is 0. The van der Waals surface area contributed by atoms with E-state index in [1.807, 2.05) is 0 Å². The number of nitrogens with zero attached hydrogens (tertiary/aromatic N) is 2. The number of rotatable bonds is 20. The Labute approximate surface area is 371 Å². The molecule has 2 N–H and O–H groups in total. The molecule has 2 amide bonds. The summed E-state index contributed by atoms with van der Waals surface area (Å²) in [5.41, 5.74) is -6.53. The standard InChI is InChI=1S/C30H10Cl2F32N4O2/c31-29(61,62)27(57,58)25(53,54)23(49,50)21(45,46)19(41,42)17(37,38)15(33,34)13(69)65-10-6-7-11(68-67-9-4-2-1-3-5-9)12(8-10)66-14(70)16(35,36)18(39,40)20(43,44)22(47,48)24(51,52)26(55,56)28(59,60)30(32,63)64/h1-8H,(H,65,69)(H,66,70). The molecule has 0 aliphatic heterocycles. The van der Waals surface area contributed by atoms with Crippen molar-refractivity contribution >= 4 is 57.8 Å². The summed E-state index contributed by atoms with van der Waals surface area (Å²) >= 11 is 6.77. The van der Waals surface area contributed by atoms with E-state index in [9.17, 15) is 150 Å². The lowest BCUT2D eigenvalue weighted by atomic mass is 9.89. The van der Waals surface area contributed by atoms with Crippen molar-refractivity contribution in [3.8, 4) is 0 Å². The second-order valence-corrected chi connectivity index (χ2v) is 14.2. The van der Waals surface area contributed by atoms with Crippen molar-refractivity contribution in [3.05, 3.63) is 48.5 Å². The van der Waals surface area contributed by atoms with Gasteiger partial charge in [-0.15, -0.1) is 5.11 Å². The van der Waals surface area contributed by atoms with Gasteiger partial charge in [-0.25, -0.2) is 0 Å². The molecule has 2 aromatic rings. The predicted octanol–water partition coefficient (Wildman–Crippen LogP) is 14.5. The number of nitrogens with one attached hydrogen (secondary N) is 2. The molecule has 0 atom stereocenters. The maximum atomic E-state index is 14.8. The average molecular weight is 1140 g/mol. The number of carbonyl (C=O) groups is 2. The van der Waals surface area contributed by atoms with Crippen molar-refractivity contribution in [1.29, 1.82) is 0 Å². The zero-order valence-electron chi connectivity index (χ0n) is 31.2. The van der Waals surface area contributed by atoms with Crippen LogP contribution in [0.1, 0.15) is 0 Å². The Bertz CT molecular complexity index is 2290. The SMILES string of the molecule is O=C(Nc1ccc(N=Nc2ccccc2)c(NC(=O)C(F)(F)C(F)(F)C(F)(F)C(F)(F)C(F)(F)C(F)(F)C(F)(F)C(F)(F)Cl)c1)C(F)(F)C(F)(F)C(F)(F)C(F)(F)C(F)(F)C(F)(F)C(F)(F)C(F)(F)Cl. The highest BCUT2D eigenvalue weighted by Crippen LogP contribution is 2.66. The van der Waals surface area contributed by atoms with E-state index >= 15 is 0 Å². The summed E-state index contributed by atoms with van der Waals surface area (Å²) < 4.78 is 445. The van der Waals surface area contributed by atoms with E-state index in [2.05, 4.69) is 33.4 Å². The van der Waals surface area contributed by atoms with E-state index in [1.54, 1.807) is 0 Å². The molecule has 400 valence electrons. The summed E-state index contributed by atoms with van der Waals surface area (Å²) in [4.78, 5) is 24.4. The van der Waals surface area contributed by atoms with Gasteiger partial charge in [-0.3, -0.25) is 9.59 Å². The molecule has 0 saturated carbocycles. The number of hydrogen-bond donors (Lipinski definition) is 2. The first kappa shape index (κ1) is 61.4. The van der Waals surface area contributed by atoms with Gasteiger partial charge < -0.3 is 10.6 Å². The predicted molar refractivity (Wildman–Crippen MR) is 165 cm³/mol. The van der Waals surface area contributed by atoms with Crippen LogP contribution in [0.2, 0.25) is 0 Å². The molecule has 0 heterocycles. The van der Waals surface area contributed by atoms with Gasteiger partial charge in [-0.05, 0) is 53.5 Å². The number of carbonyl (C=O) groups excluding carboxylic acids is 2. The van der Waals surface area contributed by atoms with Gasteiger partial charge in [0.25, 0.3) is 0 Å². The lowest BCUT2D eigenvalue weighted by Crippen LogP contribution is -2.75. The second-order valence-electron chi connectivity index (χ2n) is 13.2. The van der Waals surface area contributed by atoms with Crippen molar-refractivity contribution in [2.45, 2.75) is 93.7 Å². The Morgan fingerprint density at radius 2 is 0.643 bits per heavy atom. The van der Waals surface area contributed by atoms with Gasteiger partial charge in [0.2, 0.25) is 0 Å². The Morgan fingerprint density at radius 1 is 0.357 bits per heavy atom. The van der Waals surface area contributed by atoms with Gasteiger partial charge in [-0.1, -0.05) is 18.2 Å². The van der Waals surface area contributed by atoms with Crippen LogP contribution in [0.5, 0.6) is 0 Å². The van der Waals surface area contributed by atoms with Gasteiger partial charge in [0.1, 0.15) is 5.69 Å². The Kier molecular flexibility index (Phi) is 15.4. The fourth-order valence-corrected chi connectivity index (χ4v) is 4.67. The quantitative estimate of drug-likeness (QED) is 0.0787. The van der Waals surface area contributed by atoms with Crippen molar-refractivity contribution in [1.82, 2.24) is 0 Å². The highest BCUT2D eigenvalue weighted by atomic mass is 35.5. The van der Waals surface area contributed by atoms with Crippen molar-refractivity contribution < 1.29 is 150 Å². The fraction of sp³-hybridized carbons (Fsp3) is 0.533. The highest BCUT2D eigenvalue weighted by molar-refractivity contribution is 6.22. The molecular formula is C30H10Cl2F32N4O2. The smallest absolute Gasteiger partial charge is 0.321 e. The van der Waals surface area contributed by atoms with Crippen LogP contribution >= 0.6 is 23.2 Å². The van der Waals surface area contributed by atoms with E-state index < -0.39 is 134 Å². The van der Waals surface area contributed by atoms with E-state index in [-0.39, 0.29) is 22.8 Å². The molecule has 0 unspecified atom stereocenters. The maximum Gasteiger partial charge on any atom is 0.393 e. The minimum Gasteiger partial charge on any atom is -0.321 e. The Hall–Kier alpha value is -4.68. The van der Waals surface area contributed by atoms with E-state index in [0.717, 1.165) is 24.3 Å². The molecule has 0 aromatic heterocycles. The minimum absolute atomic E-state index is 0.130. The number of alkyl halides is 34. The number of amides is 2. The molecule has 0 bridgehead atoms. The van der Waals surface area contributed by atoms with Crippen molar-refractivity contribution in [2.24, 2.45) is 10.2 Å². The lowest BCUT2D eigenvalue weighted by Gasteiger charge is -2.42. The first-order chi connectivity index (χ1) is 30.5. The van der Waals surface area contributed by atoms with Gasteiger partial charge in [-0.2, -0.15) is 146 Å². The minimum atomic E-state index is -9.16. The molecule has 0 spiro atoms. The molecular weight excluding hydrogens is 1130 g/mol. The van der Waals surface area contributed by atoms with Gasteiger partial charge >= 0.3 is 105 Å². The molecule has 0 fully saturated rings. The summed E-state index contributed by atoms with van der Waals surface area (Å²) in [5, 5.41) is -7.94. The number of hydrogen-bond acceptors (Lipinski definition) is 4. The van der Waals surface area contributed by atoms with Crippen LogP contribution in [0.15, 0.2) is 58.8 Å². The fourth-order valence-electron chi connectivity index (χ4n) is 4.43. The maximum absolute atomic E-state index is 14.8. The van der Waals surface area contributed by atoms with Crippen LogP contribution in [0.4, 0.5) is 163 Å². The zero-order valence-corrected chi connectivity index (χ0v) is 32.7. The highest BCUT2D eigenvalue weighted by Gasteiger charge is 2.97. The molecule has 40 heteroatoms. The molecule has 0 radical (unpaired) electrons. The molecule has 0 saturated heterocycles. The number of benzene rings is 2. The monoisotopic (exact) mass is 1140 g/mol. The van der Waals surface area contributed by atoms with Crippen molar-refractivity contribution in [2.75, 3.05) is 10.6 Å². The molecule has 2 rings (SSSR count). The van der Waals surface area contributed by atoms with Crippen LogP contribution < -0.4 is 10.6 Å². The summed E-state index contributed by atoms with van der Waals surface area (Å²) in [5.74, 6) is -131. The normalized spacial score (nSPS) is 15.6.